The lowest BCUT2D eigenvalue weighted by atomic mass is 10.1. The SMILES string of the molecule is Cc1ccccc1CNC(=O)C(=O)Nc1cnn(C[C@H]2CCCO2)c1. The van der Waals surface area contributed by atoms with Crippen LogP contribution in [0.1, 0.15) is 24.0 Å². The average molecular weight is 342 g/mol. The van der Waals surface area contributed by atoms with Crippen molar-refractivity contribution in [2.24, 2.45) is 0 Å². The first-order chi connectivity index (χ1) is 12.1. The Morgan fingerprint density at radius 3 is 2.92 bits per heavy atom. The number of amides is 2. The van der Waals surface area contributed by atoms with Crippen molar-refractivity contribution in [2.45, 2.75) is 39.0 Å². The summed E-state index contributed by atoms with van der Waals surface area (Å²) in [7, 11) is 0. The molecular weight excluding hydrogens is 320 g/mol. The first-order valence-corrected chi connectivity index (χ1v) is 8.39. The molecular formula is C18H22N4O3. The second-order valence-electron chi connectivity index (χ2n) is 6.15. The molecule has 3 rings (SSSR count). The molecule has 132 valence electrons. The summed E-state index contributed by atoms with van der Waals surface area (Å²) >= 11 is 0. The quantitative estimate of drug-likeness (QED) is 0.809. The smallest absolute Gasteiger partial charge is 0.313 e. The Morgan fingerprint density at radius 2 is 2.16 bits per heavy atom. The summed E-state index contributed by atoms with van der Waals surface area (Å²) in [5, 5.41) is 9.38. The number of benzene rings is 1. The summed E-state index contributed by atoms with van der Waals surface area (Å²) in [6.07, 6.45) is 5.48. The van der Waals surface area contributed by atoms with Crippen LogP contribution in [0.15, 0.2) is 36.7 Å². The predicted molar refractivity (Wildman–Crippen MR) is 92.9 cm³/mol. The monoisotopic (exact) mass is 342 g/mol. The molecule has 0 unspecified atom stereocenters. The summed E-state index contributed by atoms with van der Waals surface area (Å²) < 4.78 is 7.28. The first kappa shape index (κ1) is 17.2. The molecule has 2 amide bonds. The number of anilines is 1. The van der Waals surface area contributed by atoms with Crippen LogP contribution in [0.5, 0.6) is 0 Å². The van der Waals surface area contributed by atoms with E-state index in [1.54, 1.807) is 10.9 Å². The fourth-order valence-electron chi connectivity index (χ4n) is 2.78. The van der Waals surface area contributed by atoms with Gasteiger partial charge in [0.25, 0.3) is 0 Å². The molecule has 7 nitrogen and oxygen atoms in total. The topological polar surface area (TPSA) is 85.3 Å². The van der Waals surface area contributed by atoms with Gasteiger partial charge in [0.15, 0.2) is 0 Å². The molecule has 1 aliphatic rings. The molecule has 1 fully saturated rings. The number of ether oxygens (including phenoxy) is 1. The van der Waals surface area contributed by atoms with Gasteiger partial charge in [-0.2, -0.15) is 5.10 Å². The Morgan fingerprint density at radius 1 is 1.32 bits per heavy atom. The average Bonchev–Trinajstić information content (AvgIpc) is 3.26. The van der Waals surface area contributed by atoms with Gasteiger partial charge in [-0.25, -0.2) is 0 Å². The molecule has 25 heavy (non-hydrogen) atoms. The molecule has 0 aliphatic carbocycles. The zero-order chi connectivity index (χ0) is 17.6. The van der Waals surface area contributed by atoms with Gasteiger partial charge in [-0.15, -0.1) is 0 Å². The number of carbonyl (C=O) groups is 2. The second kappa shape index (κ2) is 7.94. The fourth-order valence-corrected chi connectivity index (χ4v) is 2.78. The molecule has 1 saturated heterocycles. The van der Waals surface area contributed by atoms with Crippen LogP contribution in [0.3, 0.4) is 0 Å². The summed E-state index contributed by atoms with van der Waals surface area (Å²) in [4.78, 5) is 23.9. The van der Waals surface area contributed by atoms with Crippen LogP contribution >= 0.6 is 0 Å². The van der Waals surface area contributed by atoms with E-state index in [0.717, 1.165) is 30.6 Å². The van der Waals surface area contributed by atoms with Crippen LogP contribution in [0.2, 0.25) is 0 Å². The number of rotatable bonds is 5. The zero-order valence-electron chi connectivity index (χ0n) is 14.2. The van der Waals surface area contributed by atoms with E-state index in [9.17, 15) is 9.59 Å². The Hall–Kier alpha value is -2.67. The van der Waals surface area contributed by atoms with Gasteiger partial charge in [0, 0.05) is 19.3 Å². The highest BCUT2D eigenvalue weighted by Gasteiger charge is 2.18. The number of carbonyl (C=O) groups excluding carboxylic acids is 2. The molecule has 0 bridgehead atoms. The maximum absolute atomic E-state index is 12.0. The Labute approximate surface area is 146 Å². The van der Waals surface area contributed by atoms with Crippen LogP contribution < -0.4 is 10.6 Å². The van der Waals surface area contributed by atoms with Crippen molar-refractivity contribution in [2.75, 3.05) is 11.9 Å². The van der Waals surface area contributed by atoms with Crippen molar-refractivity contribution in [3.05, 3.63) is 47.8 Å². The fraction of sp³-hybridized carbons (Fsp3) is 0.389. The highest BCUT2D eigenvalue weighted by Crippen LogP contribution is 2.15. The van der Waals surface area contributed by atoms with Crippen molar-refractivity contribution < 1.29 is 14.3 Å². The lowest BCUT2D eigenvalue weighted by molar-refractivity contribution is -0.136. The van der Waals surface area contributed by atoms with E-state index in [0.29, 0.717) is 18.8 Å². The largest absolute Gasteiger partial charge is 0.376 e. The van der Waals surface area contributed by atoms with Gasteiger partial charge in [0.2, 0.25) is 0 Å². The van der Waals surface area contributed by atoms with Gasteiger partial charge in [-0.1, -0.05) is 24.3 Å². The first-order valence-electron chi connectivity index (χ1n) is 8.39. The molecule has 0 radical (unpaired) electrons. The number of aromatic nitrogens is 2. The van der Waals surface area contributed by atoms with Crippen molar-refractivity contribution in [3.63, 3.8) is 0 Å². The van der Waals surface area contributed by atoms with Crippen LogP contribution in [-0.2, 0) is 27.4 Å². The minimum Gasteiger partial charge on any atom is -0.376 e. The van der Waals surface area contributed by atoms with Crippen molar-refractivity contribution in [1.29, 1.82) is 0 Å². The predicted octanol–water partition coefficient (Wildman–Crippen LogP) is 1.63. The lowest BCUT2D eigenvalue weighted by Crippen LogP contribution is -2.35. The molecule has 1 aromatic carbocycles. The highest BCUT2D eigenvalue weighted by molar-refractivity contribution is 6.39. The molecule has 2 N–H and O–H groups in total. The molecule has 0 spiro atoms. The van der Waals surface area contributed by atoms with Gasteiger partial charge in [-0.05, 0) is 30.9 Å². The van der Waals surface area contributed by atoms with Crippen LogP contribution in [0, 0.1) is 6.92 Å². The van der Waals surface area contributed by atoms with E-state index in [-0.39, 0.29) is 6.10 Å². The molecule has 2 aromatic rings. The van der Waals surface area contributed by atoms with Crippen LogP contribution in [0.25, 0.3) is 0 Å². The van der Waals surface area contributed by atoms with Gasteiger partial charge in [-0.3, -0.25) is 14.3 Å². The van der Waals surface area contributed by atoms with Crippen molar-refractivity contribution in [1.82, 2.24) is 15.1 Å². The highest BCUT2D eigenvalue weighted by atomic mass is 16.5. The van der Waals surface area contributed by atoms with E-state index in [1.165, 1.54) is 6.20 Å². The Kier molecular flexibility index (Phi) is 5.45. The van der Waals surface area contributed by atoms with Gasteiger partial charge in [0.05, 0.1) is 24.5 Å². The maximum Gasteiger partial charge on any atom is 0.313 e. The van der Waals surface area contributed by atoms with Gasteiger partial charge in [0.1, 0.15) is 0 Å². The third-order valence-electron chi connectivity index (χ3n) is 4.21. The zero-order valence-corrected chi connectivity index (χ0v) is 14.2. The number of nitrogens with one attached hydrogen (secondary N) is 2. The van der Waals surface area contributed by atoms with Crippen LogP contribution in [0.4, 0.5) is 5.69 Å². The Balaban J connectivity index is 1.48. The molecule has 1 aliphatic heterocycles. The van der Waals surface area contributed by atoms with Gasteiger partial charge >= 0.3 is 11.8 Å². The molecule has 2 heterocycles. The minimum absolute atomic E-state index is 0.167. The number of aryl methyl sites for hydroxylation is 1. The second-order valence-corrected chi connectivity index (χ2v) is 6.15. The normalized spacial score (nSPS) is 16.6. The lowest BCUT2D eigenvalue weighted by Gasteiger charge is -2.08. The van der Waals surface area contributed by atoms with Crippen LogP contribution in [-0.4, -0.2) is 34.3 Å². The summed E-state index contributed by atoms with van der Waals surface area (Å²) in [5.74, 6) is -1.37. The third kappa shape index (κ3) is 4.67. The van der Waals surface area contributed by atoms with Crippen molar-refractivity contribution >= 4 is 17.5 Å². The van der Waals surface area contributed by atoms with Gasteiger partial charge < -0.3 is 15.4 Å². The maximum atomic E-state index is 12.0. The van der Waals surface area contributed by atoms with E-state index in [2.05, 4.69) is 15.7 Å². The molecule has 1 aromatic heterocycles. The van der Waals surface area contributed by atoms with E-state index in [4.69, 9.17) is 4.74 Å². The molecule has 7 heteroatoms. The van der Waals surface area contributed by atoms with E-state index in [1.807, 2.05) is 31.2 Å². The minimum atomic E-state index is -0.703. The summed E-state index contributed by atoms with van der Waals surface area (Å²) in [6.45, 7) is 3.72. The standard InChI is InChI=1S/C18H22N4O3/c1-13-5-2-3-6-14(13)9-19-17(23)18(24)21-15-10-20-22(11-15)12-16-7-4-8-25-16/h2-3,5-6,10-11,16H,4,7-9,12H2,1H3,(H,19,23)(H,21,24)/t16-/m1/s1. The van der Waals surface area contributed by atoms with E-state index >= 15 is 0 Å². The Bertz CT molecular complexity index is 750. The van der Waals surface area contributed by atoms with Crippen molar-refractivity contribution in [3.8, 4) is 0 Å². The molecule has 1 atom stereocenters. The summed E-state index contributed by atoms with van der Waals surface area (Å²) in [6, 6.07) is 7.71. The molecule has 0 saturated carbocycles. The number of hydrogen-bond acceptors (Lipinski definition) is 4. The number of hydrogen-bond donors (Lipinski definition) is 2. The number of nitrogens with zero attached hydrogens (tertiary/aromatic N) is 2. The van der Waals surface area contributed by atoms with E-state index < -0.39 is 11.8 Å². The summed E-state index contributed by atoms with van der Waals surface area (Å²) in [5.41, 5.74) is 2.54. The third-order valence-corrected chi connectivity index (χ3v) is 4.21.